The van der Waals surface area contributed by atoms with Crippen molar-refractivity contribution >= 4 is 23.0 Å². The third-order valence-electron chi connectivity index (χ3n) is 3.39. The van der Waals surface area contributed by atoms with Crippen LogP contribution >= 0.6 is 0 Å². The van der Waals surface area contributed by atoms with E-state index >= 15 is 0 Å². The number of amides is 1. The molecule has 0 aliphatic carbocycles. The molecule has 25 heavy (non-hydrogen) atoms. The van der Waals surface area contributed by atoms with Crippen LogP contribution in [-0.2, 0) is 0 Å². The Morgan fingerprint density at radius 2 is 1.52 bits per heavy atom. The zero-order chi connectivity index (χ0) is 18.0. The zero-order valence-electron chi connectivity index (χ0n) is 12.6. The highest BCUT2D eigenvalue weighted by Crippen LogP contribution is 2.33. The van der Waals surface area contributed by atoms with Crippen LogP contribution in [-0.4, -0.2) is 29.0 Å². The third kappa shape index (κ3) is 3.47. The van der Waals surface area contributed by atoms with E-state index in [4.69, 9.17) is 9.47 Å². The van der Waals surface area contributed by atoms with Gasteiger partial charge in [-0.25, -0.2) is 0 Å². The Bertz CT molecular complexity index is 849. The standard InChI is InChI=1S/C15H11N3O7/c19-15(9-5-11(17(20)21)8-12(6-9)18(22)23)16-10-1-2-13-14(7-10)25-4-3-24-13/h1-2,5-8H,3-4H2,(H,16,19). The normalized spacial score (nSPS) is 12.3. The topological polar surface area (TPSA) is 134 Å². The SMILES string of the molecule is O=C(Nc1ccc2c(c1)OCCO2)c1cc([N+](=O)[O-])cc([N+](=O)[O-])c1. The van der Waals surface area contributed by atoms with E-state index in [-0.39, 0.29) is 5.56 Å². The van der Waals surface area contributed by atoms with Gasteiger partial charge >= 0.3 is 0 Å². The number of anilines is 1. The summed E-state index contributed by atoms with van der Waals surface area (Å²) in [6, 6.07) is 7.46. The Labute approximate surface area is 140 Å². The van der Waals surface area contributed by atoms with Gasteiger partial charge in [0.25, 0.3) is 17.3 Å². The number of rotatable bonds is 4. The Morgan fingerprint density at radius 1 is 0.920 bits per heavy atom. The molecule has 1 aliphatic rings. The molecule has 0 bridgehead atoms. The van der Waals surface area contributed by atoms with Gasteiger partial charge in [0, 0.05) is 23.9 Å². The molecule has 1 heterocycles. The molecule has 0 atom stereocenters. The predicted octanol–water partition coefficient (Wildman–Crippen LogP) is 2.53. The second-order valence-corrected chi connectivity index (χ2v) is 5.06. The number of non-ortho nitro benzene ring substituents is 2. The highest BCUT2D eigenvalue weighted by atomic mass is 16.6. The molecule has 0 fully saturated rings. The van der Waals surface area contributed by atoms with Crippen LogP contribution in [0.4, 0.5) is 17.1 Å². The third-order valence-corrected chi connectivity index (χ3v) is 3.39. The molecule has 10 nitrogen and oxygen atoms in total. The van der Waals surface area contributed by atoms with Gasteiger partial charge in [-0.15, -0.1) is 0 Å². The van der Waals surface area contributed by atoms with Crippen LogP contribution < -0.4 is 14.8 Å². The molecule has 0 saturated carbocycles. The van der Waals surface area contributed by atoms with E-state index in [9.17, 15) is 25.0 Å². The average Bonchev–Trinajstić information content (AvgIpc) is 2.61. The lowest BCUT2D eigenvalue weighted by Crippen LogP contribution is -2.16. The fraction of sp³-hybridized carbons (Fsp3) is 0.133. The number of fused-ring (bicyclic) bond motifs is 1. The van der Waals surface area contributed by atoms with E-state index < -0.39 is 27.1 Å². The smallest absolute Gasteiger partial charge is 0.277 e. The molecule has 0 radical (unpaired) electrons. The fourth-order valence-corrected chi connectivity index (χ4v) is 2.26. The van der Waals surface area contributed by atoms with Gasteiger partial charge in [0.05, 0.1) is 21.5 Å². The van der Waals surface area contributed by atoms with Gasteiger partial charge in [0.15, 0.2) is 11.5 Å². The first-order valence-electron chi connectivity index (χ1n) is 7.09. The summed E-state index contributed by atoms with van der Waals surface area (Å²) in [4.78, 5) is 32.5. The number of nitrogens with zero attached hydrogens (tertiary/aromatic N) is 2. The van der Waals surface area contributed by atoms with Crippen LogP contribution in [0.3, 0.4) is 0 Å². The monoisotopic (exact) mass is 345 g/mol. The van der Waals surface area contributed by atoms with Gasteiger partial charge in [0.1, 0.15) is 13.2 Å². The van der Waals surface area contributed by atoms with E-state index in [1.165, 1.54) is 6.07 Å². The highest BCUT2D eigenvalue weighted by molar-refractivity contribution is 6.05. The lowest BCUT2D eigenvalue weighted by molar-refractivity contribution is -0.394. The van der Waals surface area contributed by atoms with Crippen molar-refractivity contribution in [2.24, 2.45) is 0 Å². The summed E-state index contributed by atoms with van der Waals surface area (Å²) in [5, 5.41) is 24.3. The summed E-state index contributed by atoms with van der Waals surface area (Å²) in [5.41, 5.74) is -0.915. The summed E-state index contributed by atoms with van der Waals surface area (Å²) in [7, 11) is 0. The number of nitro groups is 2. The molecule has 128 valence electrons. The van der Waals surface area contributed by atoms with Crippen molar-refractivity contribution in [1.29, 1.82) is 0 Å². The number of nitro benzene ring substituents is 2. The number of ether oxygens (including phenoxy) is 2. The molecule has 0 aromatic heterocycles. The molecule has 1 N–H and O–H groups in total. The Kier molecular flexibility index (Phi) is 4.16. The first-order chi connectivity index (χ1) is 11.9. The van der Waals surface area contributed by atoms with E-state index in [0.717, 1.165) is 18.2 Å². The summed E-state index contributed by atoms with van der Waals surface area (Å²) < 4.78 is 10.8. The van der Waals surface area contributed by atoms with Crippen molar-refractivity contribution < 1.29 is 24.1 Å². The van der Waals surface area contributed by atoms with Crippen LogP contribution in [0.1, 0.15) is 10.4 Å². The maximum Gasteiger partial charge on any atom is 0.277 e. The zero-order valence-corrected chi connectivity index (χ0v) is 12.6. The molecule has 0 saturated heterocycles. The van der Waals surface area contributed by atoms with Crippen LogP contribution in [0.15, 0.2) is 36.4 Å². The second kappa shape index (κ2) is 6.43. The molecule has 0 unspecified atom stereocenters. The molecule has 2 aromatic rings. The maximum atomic E-state index is 12.3. The van der Waals surface area contributed by atoms with Gasteiger partial charge in [0.2, 0.25) is 0 Å². The average molecular weight is 345 g/mol. The van der Waals surface area contributed by atoms with E-state index in [1.807, 2.05) is 0 Å². The first-order valence-corrected chi connectivity index (χ1v) is 7.09. The molecule has 1 amide bonds. The number of benzene rings is 2. The summed E-state index contributed by atoms with van der Waals surface area (Å²) in [6.45, 7) is 0.803. The maximum absolute atomic E-state index is 12.3. The summed E-state index contributed by atoms with van der Waals surface area (Å²) >= 11 is 0. The van der Waals surface area contributed by atoms with Crippen molar-refractivity contribution in [1.82, 2.24) is 0 Å². The highest BCUT2D eigenvalue weighted by Gasteiger charge is 2.20. The van der Waals surface area contributed by atoms with E-state index in [0.29, 0.717) is 30.4 Å². The Balaban J connectivity index is 1.88. The first kappa shape index (κ1) is 16.2. The summed E-state index contributed by atoms with van der Waals surface area (Å²) in [5.74, 6) is 0.271. The molecule has 2 aromatic carbocycles. The number of nitrogens with one attached hydrogen (secondary N) is 1. The lowest BCUT2D eigenvalue weighted by Gasteiger charge is -2.19. The predicted molar refractivity (Wildman–Crippen MR) is 85.1 cm³/mol. The van der Waals surface area contributed by atoms with Crippen LogP contribution in [0.2, 0.25) is 0 Å². The Morgan fingerprint density at radius 3 is 2.12 bits per heavy atom. The lowest BCUT2D eigenvalue weighted by atomic mass is 10.1. The minimum Gasteiger partial charge on any atom is -0.486 e. The fourth-order valence-electron chi connectivity index (χ4n) is 2.26. The largest absolute Gasteiger partial charge is 0.486 e. The number of hydrogen-bond donors (Lipinski definition) is 1. The molecule has 0 spiro atoms. The van der Waals surface area contributed by atoms with Crippen molar-refractivity contribution in [3.8, 4) is 11.5 Å². The molecular weight excluding hydrogens is 334 g/mol. The Hall–Kier alpha value is -3.69. The van der Waals surface area contributed by atoms with Gasteiger partial charge in [-0.1, -0.05) is 0 Å². The molecule has 3 rings (SSSR count). The minimum absolute atomic E-state index is 0.198. The molecule has 1 aliphatic heterocycles. The van der Waals surface area contributed by atoms with Crippen LogP contribution in [0, 0.1) is 20.2 Å². The van der Waals surface area contributed by atoms with Gasteiger partial charge in [-0.3, -0.25) is 25.0 Å². The molecular formula is C15H11N3O7. The van der Waals surface area contributed by atoms with E-state index in [2.05, 4.69) is 5.32 Å². The van der Waals surface area contributed by atoms with Gasteiger partial charge in [-0.2, -0.15) is 0 Å². The second-order valence-electron chi connectivity index (χ2n) is 5.06. The van der Waals surface area contributed by atoms with Crippen molar-refractivity contribution in [3.63, 3.8) is 0 Å². The van der Waals surface area contributed by atoms with Gasteiger partial charge in [-0.05, 0) is 12.1 Å². The number of carbonyl (C=O) groups is 1. The number of hydrogen-bond acceptors (Lipinski definition) is 7. The van der Waals surface area contributed by atoms with Crippen molar-refractivity contribution in [3.05, 3.63) is 62.2 Å². The van der Waals surface area contributed by atoms with Gasteiger partial charge < -0.3 is 14.8 Å². The van der Waals surface area contributed by atoms with Crippen LogP contribution in [0.5, 0.6) is 11.5 Å². The van der Waals surface area contributed by atoms with E-state index in [1.54, 1.807) is 12.1 Å². The molecule has 10 heteroatoms. The quantitative estimate of drug-likeness (QED) is 0.664. The van der Waals surface area contributed by atoms with Crippen LogP contribution in [0.25, 0.3) is 0 Å². The van der Waals surface area contributed by atoms with Crippen molar-refractivity contribution in [2.75, 3.05) is 18.5 Å². The summed E-state index contributed by atoms with van der Waals surface area (Å²) in [6.07, 6.45) is 0. The minimum atomic E-state index is -0.798. The van der Waals surface area contributed by atoms with Crippen molar-refractivity contribution in [2.45, 2.75) is 0 Å². The number of carbonyl (C=O) groups excluding carboxylic acids is 1.